The van der Waals surface area contributed by atoms with Crippen molar-refractivity contribution in [2.75, 3.05) is 19.7 Å². The summed E-state index contributed by atoms with van der Waals surface area (Å²) in [5.41, 5.74) is 2.73. The van der Waals surface area contributed by atoms with E-state index in [0.29, 0.717) is 24.4 Å². The van der Waals surface area contributed by atoms with Crippen LogP contribution in [0.3, 0.4) is 0 Å². The maximum atomic E-state index is 13.5. The molecule has 2 heterocycles. The van der Waals surface area contributed by atoms with Gasteiger partial charge in [0.25, 0.3) is 5.91 Å². The highest BCUT2D eigenvalue weighted by molar-refractivity contribution is 5.97. The van der Waals surface area contributed by atoms with Gasteiger partial charge in [-0.15, -0.1) is 0 Å². The molecule has 0 aliphatic carbocycles. The molecular formula is C29H34N2O4. The molecule has 1 saturated heterocycles. The van der Waals surface area contributed by atoms with Gasteiger partial charge in [0.1, 0.15) is 12.3 Å². The van der Waals surface area contributed by atoms with Crippen LogP contribution in [0.5, 0.6) is 0 Å². The average molecular weight is 475 g/mol. The van der Waals surface area contributed by atoms with Crippen molar-refractivity contribution in [2.45, 2.75) is 51.8 Å². The molecule has 6 nitrogen and oxygen atoms in total. The Balaban J connectivity index is 1.50. The lowest BCUT2D eigenvalue weighted by molar-refractivity contribution is -0.134. The van der Waals surface area contributed by atoms with Crippen molar-refractivity contribution >= 4 is 11.8 Å². The standard InChI is InChI=1S/C29H34N2O4/c1-3-22(2)31(29(33)25-15-13-24(14-16-25)23-9-5-4-6-10-23)21-28(32)30(19-26-11-7-17-34-26)20-27-12-8-18-35-27/h4-7,9-11,13-17,22,27H,3,8,12,18-21H2,1-2H3. The molecule has 2 atom stereocenters. The topological polar surface area (TPSA) is 63.0 Å². The van der Waals surface area contributed by atoms with Crippen LogP contribution >= 0.6 is 0 Å². The first-order valence-corrected chi connectivity index (χ1v) is 12.4. The Kier molecular flexibility index (Phi) is 8.37. The monoisotopic (exact) mass is 474 g/mol. The molecule has 2 amide bonds. The van der Waals surface area contributed by atoms with Crippen LogP contribution in [-0.2, 0) is 16.1 Å². The second kappa shape index (κ2) is 11.8. The van der Waals surface area contributed by atoms with Gasteiger partial charge in [0, 0.05) is 24.8 Å². The van der Waals surface area contributed by atoms with E-state index in [9.17, 15) is 9.59 Å². The second-order valence-corrected chi connectivity index (χ2v) is 9.12. The molecule has 2 unspecified atom stereocenters. The van der Waals surface area contributed by atoms with Crippen molar-refractivity contribution in [1.82, 2.24) is 9.80 Å². The summed E-state index contributed by atoms with van der Waals surface area (Å²) < 4.78 is 11.3. The summed E-state index contributed by atoms with van der Waals surface area (Å²) >= 11 is 0. The molecule has 35 heavy (non-hydrogen) atoms. The largest absolute Gasteiger partial charge is 0.467 e. The maximum absolute atomic E-state index is 13.5. The van der Waals surface area contributed by atoms with E-state index in [1.54, 1.807) is 16.1 Å². The lowest BCUT2D eigenvalue weighted by Crippen LogP contribution is -2.47. The first kappa shape index (κ1) is 24.7. The highest BCUT2D eigenvalue weighted by Crippen LogP contribution is 2.21. The molecule has 1 aliphatic heterocycles. The van der Waals surface area contributed by atoms with Crippen molar-refractivity contribution in [3.63, 3.8) is 0 Å². The van der Waals surface area contributed by atoms with E-state index in [4.69, 9.17) is 9.15 Å². The van der Waals surface area contributed by atoms with Crippen LogP contribution < -0.4 is 0 Å². The van der Waals surface area contributed by atoms with Crippen molar-refractivity contribution in [3.8, 4) is 11.1 Å². The van der Waals surface area contributed by atoms with Gasteiger partial charge in [0.05, 0.1) is 18.9 Å². The quantitative estimate of drug-likeness (QED) is 0.395. The number of nitrogens with zero attached hydrogens (tertiary/aromatic N) is 2. The van der Waals surface area contributed by atoms with Crippen molar-refractivity contribution < 1.29 is 18.7 Å². The molecule has 3 aromatic rings. The SMILES string of the molecule is CCC(C)N(CC(=O)N(Cc1ccco1)CC1CCCO1)C(=O)c1ccc(-c2ccccc2)cc1. The zero-order valence-electron chi connectivity index (χ0n) is 20.6. The third-order valence-electron chi connectivity index (χ3n) is 6.66. The Morgan fingerprint density at radius 1 is 1.00 bits per heavy atom. The zero-order chi connectivity index (χ0) is 24.6. The van der Waals surface area contributed by atoms with Gasteiger partial charge in [-0.1, -0.05) is 49.4 Å². The molecule has 4 rings (SSSR count). The number of carbonyl (C=O) groups is 2. The predicted octanol–water partition coefficient (Wildman–Crippen LogP) is 5.40. The number of benzene rings is 2. The molecule has 184 valence electrons. The van der Waals surface area contributed by atoms with Crippen LogP contribution in [0.15, 0.2) is 77.4 Å². The molecule has 2 aromatic carbocycles. The summed E-state index contributed by atoms with van der Waals surface area (Å²) in [7, 11) is 0. The minimum Gasteiger partial charge on any atom is -0.467 e. The van der Waals surface area contributed by atoms with Crippen LogP contribution in [0.1, 0.15) is 49.2 Å². The molecule has 1 aromatic heterocycles. The molecular weight excluding hydrogens is 440 g/mol. The fourth-order valence-electron chi connectivity index (χ4n) is 4.37. The summed E-state index contributed by atoms with van der Waals surface area (Å²) in [6.07, 6.45) is 4.32. The normalized spacial score (nSPS) is 16.1. The summed E-state index contributed by atoms with van der Waals surface area (Å²) in [6.45, 7) is 5.61. The number of carbonyl (C=O) groups excluding carboxylic acids is 2. The molecule has 0 spiro atoms. The van der Waals surface area contributed by atoms with Crippen LogP contribution in [0.25, 0.3) is 11.1 Å². The second-order valence-electron chi connectivity index (χ2n) is 9.12. The van der Waals surface area contributed by atoms with Gasteiger partial charge < -0.3 is 19.0 Å². The Hall–Kier alpha value is -3.38. The number of furan rings is 1. The smallest absolute Gasteiger partial charge is 0.254 e. The highest BCUT2D eigenvalue weighted by Gasteiger charge is 2.28. The van der Waals surface area contributed by atoms with Crippen molar-refractivity contribution in [3.05, 3.63) is 84.3 Å². The summed E-state index contributed by atoms with van der Waals surface area (Å²) in [5, 5.41) is 0. The van der Waals surface area contributed by atoms with Gasteiger partial charge in [-0.2, -0.15) is 0 Å². The predicted molar refractivity (Wildman–Crippen MR) is 136 cm³/mol. The number of ether oxygens (including phenoxy) is 1. The Morgan fingerprint density at radius 3 is 2.37 bits per heavy atom. The minimum atomic E-state index is -0.137. The number of amides is 2. The van der Waals surface area contributed by atoms with Gasteiger partial charge in [0.15, 0.2) is 0 Å². The number of hydrogen-bond donors (Lipinski definition) is 0. The fourth-order valence-corrected chi connectivity index (χ4v) is 4.37. The molecule has 0 N–H and O–H groups in total. The van der Waals surface area contributed by atoms with Gasteiger partial charge in [0.2, 0.25) is 5.91 Å². The third-order valence-corrected chi connectivity index (χ3v) is 6.66. The van der Waals surface area contributed by atoms with E-state index in [-0.39, 0.29) is 30.5 Å². The Bertz CT molecular complexity index is 1070. The minimum absolute atomic E-state index is 0.0156. The molecule has 1 aliphatic rings. The zero-order valence-corrected chi connectivity index (χ0v) is 20.6. The van der Waals surface area contributed by atoms with Gasteiger partial charge in [-0.3, -0.25) is 9.59 Å². The van der Waals surface area contributed by atoms with Crippen LogP contribution in [0.2, 0.25) is 0 Å². The van der Waals surface area contributed by atoms with Crippen LogP contribution in [0.4, 0.5) is 0 Å². The fraction of sp³-hybridized carbons (Fsp3) is 0.379. The lowest BCUT2D eigenvalue weighted by atomic mass is 10.0. The van der Waals surface area contributed by atoms with Crippen molar-refractivity contribution in [2.24, 2.45) is 0 Å². The average Bonchev–Trinajstić information content (AvgIpc) is 3.61. The Labute approximate surface area is 207 Å². The molecule has 1 fully saturated rings. The molecule has 0 saturated carbocycles. The summed E-state index contributed by atoms with van der Waals surface area (Å²) in [6, 6.07) is 21.3. The summed E-state index contributed by atoms with van der Waals surface area (Å²) in [4.78, 5) is 30.5. The van der Waals surface area contributed by atoms with E-state index < -0.39 is 0 Å². The molecule has 0 radical (unpaired) electrons. The van der Waals surface area contributed by atoms with E-state index in [1.165, 1.54) is 0 Å². The molecule has 6 heteroatoms. The van der Waals surface area contributed by atoms with E-state index in [1.807, 2.05) is 80.6 Å². The first-order chi connectivity index (χ1) is 17.0. The van der Waals surface area contributed by atoms with Crippen LogP contribution in [-0.4, -0.2) is 53.5 Å². The third kappa shape index (κ3) is 6.40. The van der Waals surface area contributed by atoms with Crippen LogP contribution in [0, 0.1) is 0 Å². The van der Waals surface area contributed by atoms with Gasteiger partial charge in [-0.25, -0.2) is 0 Å². The number of hydrogen-bond acceptors (Lipinski definition) is 4. The van der Waals surface area contributed by atoms with E-state index in [2.05, 4.69) is 0 Å². The van der Waals surface area contributed by atoms with E-state index in [0.717, 1.165) is 37.0 Å². The summed E-state index contributed by atoms with van der Waals surface area (Å²) in [5.74, 6) is 0.475. The van der Waals surface area contributed by atoms with E-state index >= 15 is 0 Å². The van der Waals surface area contributed by atoms with Gasteiger partial charge >= 0.3 is 0 Å². The Morgan fingerprint density at radius 2 is 1.74 bits per heavy atom. The molecule has 0 bridgehead atoms. The highest BCUT2D eigenvalue weighted by atomic mass is 16.5. The maximum Gasteiger partial charge on any atom is 0.254 e. The number of rotatable bonds is 10. The van der Waals surface area contributed by atoms with Crippen molar-refractivity contribution in [1.29, 1.82) is 0 Å². The van der Waals surface area contributed by atoms with Gasteiger partial charge in [-0.05, 0) is 61.6 Å². The lowest BCUT2D eigenvalue weighted by Gasteiger charge is -2.32. The first-order valence-electron chi connectivity index (χ1n) is 12.4.